The number of piperidine rings is 1. The van der Waals surface area contributed by atoms with Crippen molar-refractivity contribution in [3.8, 4) is 0 Å². The summed E-state index contributed by atoms with van der Waals surface area (Å²) in [6.07, 6.45) is 9.84. The number of rotatable bonds is 9. The van der Waals surface area contributed by atoms with Crippen molar-refractivity contribution in [3.05, 3.63) is 48.2 Å². The van der Waals surface area contributed by atoms with Crippen LogP contribution in [0.15, 0.2) is 42.6 Å². The molecule has 0 aliphatic carbocycles. The summed E-state index contributed by atoms with van der Waals surface area (Å²) in [5, 5.41) is 2.94. The van der Waals surface area contributed by atoms with E-state index in [0.29, 0.717) is 28.7 Å². The number of nitrogens with zero attached hydrogens (tertiary/aromatic N) is 4. The molecule has 35 heavy (non-hydrogen) atoms. The zero-order chi connectivity index (χ0) is 24.6. The number of para-hydroxylation sites is 2. The number of nitrogens with one attached hydrogen (secondary N) is 1. The number of hydrogen-bond acceptors (Lipinski definition) is 4. The van der Waals surface area contributed by atoms with Gasteiger partial charge in [-0.2, -0.15) is 0 Å². The van der Waals surface area contributed by atoms with Gasteiger partial charge >= 0.3 is 6.03 Å². The average molecular weight is 478 g/mol. The van der Waals surface area contributed by atoms with Crippen LogP contribution in [0.3, 0.4) is 0 Å². The van der Waals surface area contributed by atoms with Crippen LogP contribution < -0.4 is 10.2 Å². The van der Waals surface area contributed by atoms with Gasteiger partial charge in [-0.3, -0.25) is 4.79 Å². The minimum atomic E-state index is -0.244. The van der Waals surface area contributed by atoms with Gasteiger partial charge in [0.15, 0.2) is 5.82 Å². The predicted molar refractivity (Wildman–Crippen MR) is 141 cm³/mol. The number of hydrogen-bond donors (Lipinski definition) is 1. The van der Waals surface area contributed by atoms with Crippen molar-refractivity contribution in [2.24, 2.45) is 5.92 Å². The molecule has 3 heterocycles. The van der Waals surface area contributed by atoms with Gasteiger partial charge in [0.05, 0.1) is 16.9 Å². The quantitative estimate of drug-likeness (QED) is 0.487. The Morgan fingerprint density at radius 3 is 2.63 bits per heavy atom. The van der Waals surface area contributed by atoms with Crippen molar-refractivity contribution in [2.45, 2.75) is 58.8 Å². The number of fused-ring (bicyclic) bond motifs is 2. The number of carbonyl (C=O) groups is 2. The first-order chi connectivity index (χ1) is 17.1. The molecular weight excluding hydrogens is 438 g/mol. The molecule has 2 aliphatic heterocycles. The van der Waals surface area contributed by atoms with Crippen LogP contribution >= 0.6 is 0 Å². The summed E-state index contributed by atoms with van der Waals surface area (Å²) in [5.74, 6) is 0.641. The number of aromatic nitrogens is 1. The minimum absolute atomic E-state index is 0.104. The van der Waals surface area contributed by atoms with E-state index in [-0.39, 0.29) is 11.9 Å². The summed E-state index contributed by atoms with van der Waals surface area (Å²) in [7, 11) is 0. The molecule has 1 N–H and O–H groups in total. The number of anilines is 3. The maximum absolute atomic E-state index is 14.0. The lowest BCUT2D eigenvalue weighted by Crippen LogP contribution is -2.47. The summed E-state index contributed by atoms with van der Waals surface area (Å²) in [6.45, 7) is 9.41. The minimum Gasteiger partial charge on any atom is -0.324 e. The first kappa shape index (κ1) is 25.2. The van der Waals surface area contributed by atoms with Gasteiger partial charge in [0.25, 0.3) is 5.91 Å². The van der Waals surface area contributed by atoms with Crippen molar-refractivity contribution in [1.82, 2.24) is 14.8 Å². The smallest absolute Gasteiger partial charge is 0.324 e. The highest BCUT2D eigenvalue weighted by Crippen LogP contribution is 2.37. The van der Waals surface area contributed by atoms with Crippen LogP contribution in [0.25, 0.3) is 0 Å². The molecule has 7 heteroatoms. The SMILES string of the molecule is CCCCN(CCCC)CCC1CCCN(C(=O)N2c3ccccc3NC(=O)c3cccnc32)C1. The molecule has 1 aromatic heterocycles. The van der Waals surface area contributed by atoms with E-state index >= 15 is 0 Å². The Morgan fingerprint density at radius 2 is 1.86 bits per heavy atom. The van der Waals surface area contributed by atoms with E-state index in [9.17, 15) is 9.59 Å². The maximum atomic E-state index is 14.0. The Bertz CT molecular complexity index is 1000. The highest BCUT2D eigenvalue weighted by molar-refractivity contribution is 6.16. The molecule has 0 radical (unpaired) electrons. The molecule has 1 atom stereocenters. The fourth-order valence-electron chi connectivity index (χ4n) is 5.10. The summed E-state index contributed by atoms with van der Waals surface area (Å²) >= 11 is 0. The molecule has 1 unspecified atom stereocenters. The molecule has 7 nitrogen and oxygen atoms in total. The molecule has 4 rings (SSSR count). The lowest BCUT2D eigenvalue weighted by Gasteiger charge is -2.37. The number of pyridine rings is 1. The second-order valence-corrected chi connectivity index (χ2v) is 9.76. The third-order valence-corrected chi connectivity index (χ3v) is 7.13. The molecule has 2 aromatic rings. The molecule has 2 aliphatic rings. The topological polar surface area (TPSA) is 68.8 Å². The first-order valence-corrected chi connectivity index (χ1v) is 13.3. The number of benzene rings is 1. The van der Waals surface area contributed by atoms with Crippen LogP contribution in [0.2, 0.25) is 0 Å². The van der Waals surface area contributed by atoms with Crippen LogP contribution in [0.5, 0.6) is 0 Å². The lowest BCUT2D eigenvalue weighted by atomic mass is 9.94. The van der Waals surface area contributed by atoms with Crippen LogP contribution in [-0.4, -0.2) is 59.4 Å². The lowest BCUT2D eigenvalue weighted by molar-refractivity contribution is 0.102. The zero-order valence-corrected chi connectivity index (χ0v) is 21.2. The second-order valence-electron chi connectivity index (χ2n) is 9.76. The third-order valence-electron chi connectivity index (χ3n) is 7.13. The molecule has 1 fully saturated rings. The van der Waals surface area contributed by atoms with Crippen molar-refractivity contribution < 1.29 is 9.59 Å². The van der Waals surface area contributed by atoms with Gasteiger partial charge in [0.2, 0.25) is 0 Å². The number of urea groups is 1. The van der Waals surface area contributed by atoms with Gasteiger partial charge in [0, 0.05) is 19.3 Å². The molecule has 1 aromatic carbocycles. The van der Waals surface area contributed by atoms with Gasteiger partial charge < -0.3 is 15.1 Å². The van der Waals surface area contributed by atoms with E-state index in [4.69, 9.17) is 0 Å². The Balaban J connectivity index is 1.50. The van der Waals surface area contributed by atoms with Gasteiger partial charge in [-0.05, 0) is 81.9 Å². The fraction of sp³-hybridized carbons (Fsp3) is 0.536. The number of likely N-dealkylation sites (tertiary alicyclic amines) is 1. The number of carbonyl (C=O) groups excluding carboxylic acids is 2. The number of unbranched alkanes of at least 4 members (excludes halogenated alkanes) is 2. The fourth-order valence-corrected chi connectivity index (χ4v) is 5.10. The van der Waals surface area contributed by atoms with Crippen LogP contribution in [0, 0.1) is 5.92 Å². The third kappa shape index (κ3) is 6.01. The predicted octanol–water partition coefficient (Wildman–Crippen LogP) is 5.91. The van der Waals surface area contributed by atoms with E-state index in [0.717, 1.165) is 38.9 Å². The standard InChI is InChI=1S/C28H39N5O2/c1-3-5-17-31(18-6-4-2)20-15-22-11-10-19-32(21-22)28(35)33-25-14-8-7-13-24(25)30-27(34)23-12-9-16-29-26(23)33/h7-9,12-14,16,22H,3-6,10-11,15,17-21H2,1-2H3,(H,30,34). The Labute approximate surface area is 209 Å². The Hall–Kier alpha value is -2.93. The summed E-state index contributed by atoms with van der Waals surface area (Å²) in [4.78, 5) is 37.5. The van der Waals surface area contributed by atoms with Gasteiger partial charge in [0.1, 0.15) is 0 Å². The van der Waals surface area contributed by atoms with E-state index in [2.05, 4.69) is 29.0 Å². The van der Waals surface area contributed by atoms with Crippen LogP contribution in [-0.2, 0) is 0 Å². The molecule has 0 bridgehead atoms. The molecule has 0 saturated carbocycles. The Morgan fingerprint density at radius 1 is 1.09 bits per heavy atom. The first-order valence-electron chi connectivity index (χ1n) is 13.3. The zero-order valence-electron chi connectivity index (χ0n) is 21.2. The van der Waals surface area contributed by atoms with Crippen LogP contribution in [0.4, 0.5) is 22.0 Å². The van der Waals surface area contributed by atoms with E-state index in [1.54, 1.807) is 23.2 Å². The number of amides is 3. The van der Waals surface area contributed by atoms with Crippen molar-refractivity contribution >= 4 is 29.1 Å². The monoisotopic (exact) mass is 477 g/mol. The van der Waals surface area contributed by atoms with Crippen molar-refractivity contribution in [1.29, 1.82) is 0 Å². The average Bonchev–Trinajstić information content (AvgIpc) is 3.02. The largest absolute Gasteiger partial charge is 0.330 e. The maximum Gasteiger partial charge on any atom is 0.330 e. The summed E-state index contributed by atoms with van der Waals surface area (Å²) in [5.41, 5.74) is 1.70. The molecule has 188 valence electrons. The molecule has 1 saturated heterocycles. The highest BCUT2D eigenvalue weighted by Gasteiger charge is 2.34. The van der Waals surface area contributed by atoms with Gasteiger partial charge in [-0.1, -0.05) is 38.8 Å². The second kappa shape index (κ2) is 12.2. The van der Waals surface area contributed by atoms with Crippen LogP contribution in [0.1, 0.15) is 69.2 Å². The molecule has 3 amide bonds. The normalized spacial score (nSPS) is 17.6. The van der Waals surface area contributed by atoms with Crippen molar-refractivity contribution in [3.63, 3.8) is 0 Å². The van der Waals surface area contributed by atoms with Gasteiger partial charge in [-0.15, -0.1) is 0 Å². The molecule has 0 spiro atoms. The highest BCUT2D eigenvalue weighted by atomic mass is 16.2. The van der Waals surface area contributed by atoms with E-state index in [1.807, 2.05) is 29.2 Å². The van der Waals surface area contributed by atoms with E-state index in [1.165, 1.54) is 38.8 Å². The summed E-state index contributed by atoms with van der Waals surface area (Å²) in [6, 6.07) is 10.8. The van der Waals surface area contributed by atoms with E-state index < -0.39 is 0 Å². The van der Waals surface area contributed by atoms with Gasteiger partial charge in [-0.25, -0.2) is 14.7 Å². The summed E-state index contributed by atoms with van der Waals surface area (Å²) < 4.78 is 0. The molecular formula is C28H39N5O2. The van der Waals surface area contributed by atoms with Crippen molar-refractivity contribution in [2.75, 3.05) is 42.9 Å². The Kier molecular flexibility index (Phi) is 8.74.